The van der Waals surface area contributed by atoms with Gasteiger partial charge in [-0.05, 0) is 38.7 Å². The van der Waals surface area contributed by atoms with Crippen LogP contribution in [0.5, 0.6) is 0 Å². The molecule has 138 valence electrons. The highest BCUT2D eigenvalue weighted by Gasteiger charge is 2.27. The van der Waals surface area contributed by atoms with Crippen molar-refractivity contribution in [3.05, 3.63) is 16.0 Å². The van der Waals surface area contributed by atoms with E-state index in [0.29, 0.717) is 30.0 Å². The largest absolute Gasteiger partial charge is 0.462 e. The summed E-state index contributed by atoms with van der Waals surface area (Å²) in [7, 11) is 0. The first-order valence-electron chi connectivity index (χ1n) is 8.35. The highest BCUT2D eigenvalue weighted by molar-refractivity contribution is 7.16. The summed E-state index contributed by atoms with van der Waals surface area (Å²) in [5.41, 5.74) is 1.24. The number of nitrogens with one attached hydrogen (secondary N) is 1. The van der Waals surface area contributed by atoms with E-state index < -0.39 is 30.6 Å². The lowest BCUT2D eigenvalue weighted by Gasteiger charge is -2.10. The van der Waals surface area contributed by atoms with Gasteiger partial charge in [-0.25, -0.2) is 9.59 Å². The quantitative estimate of drug-likeness (QED) is 0.743. The maximum Gasteiger partial charge on any atom is 0.341 e. The van der Waals surface area contributed by atoms with E-state index in [-0.39, 0.29) is 6.61 Å². The number of carbonyl (C=O) groups is 3. The van der Waals surface area contributed by atoms with E-state index in [9.17, 15) is 14.4 Å². The molecule has 0 spiro atoms. The fourth-order valence-corrected chi connectivity index (χ4v) is 3.82. The third-order valence-electron chi connectivity index (χ3n) is 3.83. The van der Waals surface area contributed by atoms with Crippen LogP contribution in [0, 0.1) is 6.92 Å². The maximum absolute atomic E-state index is 12.2. The van der Waals surface area contributed by atoms with Crippen LogP contribution in [0.1, 0.15) is 47.5 Å². The third-order valence-corrected chi connectivity index (χ3v) is 4.90. The Hall–Kier alpha value is -1.93. The Bertz CT molecular complexity index is 648. The summed E-state index contributed by atoms with van der Waals surface area (Å²) in [5.74, 6) is -1.49. The molecule has 2 heterocycles. The Kier molecular flexibility index (Phi) is 6.95. The number of aryl methyl sites for hydroxylation is 1. The van der Waals surface area contributed by atoms with Crippen LogP contribution in [0.3, 0.4) is 0 Å². The van der Waals surface area contributed by atoms with Crippen LogP contribution in [-0.2, 0) is 30.2 Å². The Morgan fingerprint density at radius 1 is 1.28 bits per heavy atom. The summed E-state index contributed by atoms with van der Waals surface area (Å²) >= 11 is 1.31. The first-order valence-corrected chi connectivity index (χ1v) is 9.17. The van der Waals surface area contributed by atoms with Gasteiger partial charge in [0.25, 0.3) is 5.91 Å². The van der Waals surface area contributed by atoms with Gasteiger partial charge in [-0.2, -0.15) is 0 Å². The van der Waals surface area contributed by atoms with Gasteiger partial charge in [-0.15, -0.1) is 11.3 Å². The molecule has 0 bridgehead atoms. The summed E-state index contributed by atoms with van der Waals surface area (Å²) in [6.07, 6.45) is 1.49. The van der Waals surface area contributed by atoms with Gasteiger partial charge < -0.3 is 19.5 Å². The second kappa shape index (κ2) is 8.96. The molecular formula is C17H23NO6S. The summed E-state index contributed by atoms with van der Waals surface area (Å²) < 4.78 is 15.3. The van der Waals surface area contributed by atoms with Gasteiger partial charge in [-0.1, -0.05) is 6.92 Å². The standard InChI is InChI=1S/C17H23NO6S/c1-4-11-10(3)25-15(14(11)17(21)22-5-2)18-13(19)9-24-16(20)12-7-6-8-23-12/h12H,4-9H2,1-3H3,(H,18,19)/t12-/m1/s1. The van der Waals surface area contributed by atoms with Crippen LogP contribution >= 0.6 is 11.3 Å². The number of hydrogen-bond acceptors (Lipinski definition) is 7. The Balaban J connectivity index is 2.02. The van der Waals surface area contributed by atoms with Crippen LogP contribution in [0.15, 0.2) is 0 Å². The molecular weight excluding hydrogens is 346 g/mol. The first-order chi connectivity index (χ1) is 12.0. The molecule has 7 nitrogen and oxygen atoms in total. The molecule has 1 fully saturated rings. The van der Waals surface area contributed by atoms with Crippen LogP contribution in [0.4, 0.5) is 5.00 Å². The normalized spacial score (nSPS) is 16.5. The molecule has 0 unspecified atom stereocenters. The fourth-order valence-electron chi connectivity index (χ4n) is 2.67. The predicted octanol–water partition coefficient (Wildman–Crippen LogP) is 2.46. The topological polar surface area (TPSA) is 90.9 Å². The molecule has 0 saturated carbocycles. The molecule has 25 heavy (non-hydrogen) atoms. The zero-order chi connectivity index (χ0) is 18.4. The van der Waals surface area contributed by atoms with Crippen molar-refractivity contribution < 1.29 is 28.6 Å². The Labute approximate surface area is 150 Å². The molecule has 8 heteroatoms. The number of hydrogen-bond donors (Lipinski definition) is 1. The van der Waals surface area contributed by atoms with Crippen molar-refractivity contribution in [3.8, 4) is 0 Å². The summed E-state index contributed by atoms with van der Waals surface area (Å²) in [5, 5.41) is 3.07. The second-order valence-corrected chi connectivity index (χ2v) is 6.80. The van der Waals surface area contributed by atoms with Crippen molar-refractivity contribution in [2.24, 2.45) is 0 Å². The molecule has 1 N–H and O–H groups in total. The van der Waals surface area contributed by atoms with Crippen molar-refractivity contribution in [1.29, 1.82) is 0 Å². The van der Waals surface area contributed by atoms with E-state index in [4.69, 9.17) is 14.2 Å². The van der Waals surface area contributed by atoms with E-state index >= 15 is 0 Å². The smallest absolute Gasteiger partial charge is 0.341 e. The van der Waals surface area contributed by atoms with Crippen molar-refractivity contribution in [3.63, 3.8) is 0 Å². The van der Waals surface area contributed by atoms with E-state index in [1.807, 2.05) is 13.8 Å². The SMILES string of the molecule is CCOC(=O)c1c(NC(=O)COC(=O)[C@H]2CCCO2)sc(C)c1CC. The van der Waals surface area contributed by atoms with E-state index in [1.54, 1.807) is 6.92 Å². The zero-order valence-corrected chi connectivity index (χ0v) is 15.5. The molecule has 2 rings (SSSR count). The van der Waals surface area contributed by atoms with Gasteiger partial charge in [-0.3, -0.25) is 4.79 Å². The number of amides is 1. The van der Waals surface area contributed by atoms with Crippen LogP contribution in [0.2, 0.25) is 0 Å². The van der Waals surface area contributed by atoms with Gasteiger partial charge in [0.1, 0.15) is 5.00 Å². The van der Waals surface area contributed by atoms with Crippen molar-refractivity contribution >= 4 is 34.2 Å². The van der Waals surface area contributed by atoms with E-state index in [0.717, 1.165) is 16.9 Å². The van der Waals surface area contributed by atoms with Crippen LogP contribution < -0.4 is 5.32 Å². The summed E-state index contributed by atoms with van der Waals surface area (Å²) in [6.45, 7) is 5.92. The monoisotopic (exact) mass is 369 g/mol. The lowest BCUT2D eigenvalue weighted by atomic mass is 10.1. The average molecular weight is 369 g/mol. The number of carbonyl (C=O) groups excluding carboxylic acids is 3. The Morgan fingerprint density at radius 2 is 2.04 bits per heavy atom. The average Bonchev–Trinajstić information content (AvgIpc) is 3.20. The molecule has 1 aliphatic rings. The molecule has 1 aliphatic heterocycles. The Morgan fingerprint density at radius 3 is 2.64 bits per heavy atom. The number of esters is 2. The van der Waals surface area contributed by atoms with E-state index in [1.165, 1.54) is 11.3 Å². The van der Waals surface area contributed by atoms with E-state index in [2.05, 4.69) is 5.32 Å². The summed E-state index contributed by atoms with van der Waals surface area (Å²) in [4.78, 5) is 37.0. The van der Waals surface area contributed by atoms with Gasteiger partial charge >= 0.3 is 11.9 Å². The third kappa shape index (κ3) is 4.79. The minimum atomic E-state index is -0.585. The highest BCUT2D eigenvalue weighted by atomic mass is 32.1. The molecule has 1 amide bonds. The lowest BCUT2D eigenvalue weighted by Crippen LogP contribution is -2.27. The molecule has 1 saturated heterocycles. The minimum absolute atomic E-state index is 0.253. The fraction of sp³-hybridized carbons (Fsp3) is 0.588. The maximum atomic E-state index is 12.2. The van der Waals surface area contributed by atoms with Gasteiger partial charge in [0, 0.05) is 11.5 Å². The first kappa shape index (κ1) is 19.4. The molecule has 0 radical (unpaired) electrons. The zero-order valence-electron chi connectivity index (χ0n) is 14.7. The highest BCUT2D eigenvalue weighted by Crippen LogP contribution is 2.34. The number of ether oxygens (including phenoxy) is 3. The van der Waals surface area contributed by atoms with Crippen LogP contribution in [0.25, 0.3) is 0 Å². The predicted molar refractivity (Wildman–Crippen MR) is 93.0 cm³/mol. The minimum Gasteiger partial charge on any atom is -0.462 e. The second-order valence-electron chi connectivity index (χ2n) is 5.57. The van der Waals surface area contributed by atoms with Gasteiger partial charge in [0.2, 0.25) is 0 Å². The molecule has 0 aromatic carbocycles. The molecule has 0 aliphatic carbocycles. The molecule has 1 aromatic rings. The lowest BCUT2D eigenvalue weighted by molar-refractivity contribution is -0.156. The summed E-state index contributed by atoms with van der Waals surface area (Å²) in [6, 6.07) is 0. The van der Waals surface area contributed by atoms with Crippen molar-refractivity contribution in [2.45, 2.75) is 46.1 Å². The van der Waals surface area contributed by atoms with Gasteiger partial charge in [0.15, 0.2) is 12.7 Å². The number of thiophene rings is 1. The van der Waals surface area contributed by atoms with Crippen molar-refractivity contribution in [2.75, 3.05) is 25.1 Å². The van der Waals surface area contributed by atoms with Crippen LogP contribution in [-0.4, -0.2) is 43.8 Å². The molecule has 1 atom stereocenters. The molecule has 1 aromatic heterocycles. The van der Waals surface area contributed by atoms with Gasteiger partial charge in [0.05, 0.1) is 12.2 Å². The van der Waals surface area contributed by atoms with Crippen molar-refractivity contribution in [1.82, 2.24) is 0 Å². The number of rotatable bonds is 7. The number of anilines is 1.